The van der Waals surface area contributed by atoms with Crippen molar-refractivity contribution in [2.75, 3.05) is 25.0 Å². The zero-order valence-electron chi connectivity index (χ0n) is 11.0. The molecule has 1 aromatic heterocycles. The topological polar surface area (TPSA) is 45.2 Å². The molecule has 1 aliphatic heterocycles. The first-order chi connectivity index (χ1) is 9.58. The van der Waals surface area contributed by atoms with Crippen molar-refractivity contribution < 1.29 is 18.0 Å². The van der Waals surface area contributed by atoms with Crippen LogP contribution in [0.25, 0.3) is 0 Å². The Bertz CT molecular complexity index is 490. The van der Waals surface area contributed by atoms with Crippen LogP contribution in [0.4, 0.5) is 19.0 Å². The van der Waals surface area contributed by atoms with E-state index in [1.807, 2.05) is 0 Å². The first-order valence-corrected chi connectivity index (χ1v) is 6.61. The molecule has 1 N–H and O–H groups in total. The zero-order chi connectivity index (χ0) is 14.5. The highest BCUT2D eigenvalue weighted by Gasteiger charge is 2.16. The smallest absolute Gasteiger partial charge is 0.251 e. The maximum atomic E-state index is 13.3. The lowest BCUT2D eigenvalue weighted by Gasteiger charge is -2.26. The lowest BCUT2D eigenvalue weighted by atomic mass is 10.1. The van der Waals surface area contributed by atoms with Gasteiger partial charge in [0.05, 0.1) is 0 Å². The number of piperidine rings is 1. The van der Waals surface area contributed by atoms with Crippen LogP contribution in [0, 0.1) is 17.6 Å². The summed E-state index contributed by atoms with van der Waals surface area (Å²) in [5, 5.41) is 2.51. The van der Waals surface area contributed by atoms with Gasteiger partial charge in [0.1, 0.15) is 0 Å². The Labute approximate surface area is 115 Å². The number of rotatable bonds is 4. The van der Waals surface area contributed by atoms with Crippen molar-refractivity contribution in [2.45, 2.75) is 25.7 Å². The third kappa shape index (κ3) is 3.61. The summed E-state index contributed by atoms with van der Waals surface area (Å²) in [6.07, 6.45) is 3.29. The van der Waals surface area contributed by atoms with Crippen molar-refractivity contribution in [2.24, 2.45) is 0 Å². The van der Waals surface area contributed by atoms with Crippen molar-refractivity contribution in [3.8, 4) is 0 Å². The Morgan fingerprint density at radius 1 is 1.20 bits per heavy atom. The molecule has 0 bridgehead atoms. The molecule has 1 aliphatic rings. The van der Waals surface area contributed by atoms with Crippen LogP contribution in [-0.4, -0.2) is 35.4 Å². The molecule has 110 valence electrons. The summed E-state index contributed by atoms with van der Waals surface area (Å²) in [7, 11) is 0. The van der Waals surface area contributed by atoms with Gasteiger partial charge in [-0.3, -0.25) is 4.79 Å². The highest BCUT2D eigenvalue weighted by atomic mass is 19.2. The van der Waals surface area contributed by atoms with Crippen LogP contribution in [-0.2, 0) is 4.79 Å². The van der Waals surface area contributed by atoms with Crippen molar-refractivity contribution >= 4 is 11.7 Å². The van der Waals surface area contributed by atoms with Crippen molar-refractivity contribution in [1.82, 2.24) is 9.88 Å². The van der Waals surface area contributed by atoms with E-state index in [1.54, 1.807) is 4.90 Å². The Kier molecular flexibility index (Phi) is 4.81. The summed E-state index contributed by atoms with van der Waals surface area (Å²) in [4.78, 5) is 16.7. The van der Waals surface area contributed by atoms with E-state index >= 15 is 0 Å². The second kappa shape index (κ2) is 6.58. The number of anilines is 1. The second-order valence-corrected chi connectivity index (χ2v) is 4.71. The van der Waals surface area contributed by atoms with Gasteiger partial charge in [-0.1, -0.05) is 0 Å². The minimum absolute atomic E-state index is 0.0276. The van der Waals surface area contributed by atoms with Gasteiger partial charge in [-0.15, -0.1) is 0 Å². The molecule has 1 aromatic rings. The number of halogens is 3. The molecule has 0 aliphatic carbocycles. The lowest BCUT2D eigenvalue weighted by molar-refractivity contribution is -0.131. The van der Waals surface area contributed by atoms with Gasteiger partial charge in [-0.25, -0.2) is 8.78 Å². The molecule has 2 rings (SSSR count). The van der Waals surface area contributed by atoms with E-state index in [-0.39, 0.29) is 24.7 Å². The van der Waals surface area contributed by atoms with E-state index in [0.29, 0.717) is 6.07 Å². The highest BCUT2D eigenvalue weighted by molar-refractivity contribution is 5.76. The maximum absolute atomic E-state index is 13.3. The third-order valence-corrected chi connectivity index (χ3v) is 3.23. The van der Waals surface area contributed by atoms with Gasteiger partial charge in [0.15, 0.2) is 17.5 Å². The molecule has 0 aromatic carbocycles. The van der Waals surface area contributed by atoms with E-state index in [4.69, 9.17) is 0 Å². The molecule has 0 atom stereocenters. The fourth-order valence-electron chi connectivity index (χ4n) is 2.16. The summed E-state index contributed by atoms with van der Waals surface area (Å²) >= 11 is 0. The number of amides is 1. The minimum Gasteiger partial charge on any atom is -0.367 e. The number of aromatic nitrogens is 1. The Hall–Kier alpha value is -1.79. The van der Waals surface area contributed by atoms with E-state index in [0.717, 1.165) is 32.4 Å². The Balaban J connectivity index is 1.83. The summed E-state index contributed by atoms with van der Waals surface area (Å²) in [6, 6.07) is 0.428. The van der Waals surface area contributed by atoms with Crippen molar-refractivity contribution in [3.05, 3.63) is 23.6 Å². The van der Waals surface area contributed by atoms with Crippen molar-refractivity contribution in [3.63, 3.8) is 0 Å². The molecule has 20 heavy (non-hydrogen) atoms. The average Bonchev–Trinajstić information content (AvgIpc) is 2.45. The van der Waals surface area contributed by atoms with Gasteiger partial charge in [0.2, 0.25) is 5.91 Å². The molecular formula is C13H16F3N3O. The molecule has 0 spiro atoms. The largest absolute Gasteiger partial charge is 0.367 e. The molecule has 4 nitrogen and oxygen atoms in total. The zero-order valence-corrected chi connectivity index (χ0v) is 11.0. The van der Waals surface area contributed by atoms with Crippen LogP contribution >= 0.6 is 0 Å². The second-order valence-electron chi connectivity index (χ2n) is 4.71. The molecule has 0 saturated carbocycles. The highest BCUT2D eigenvalue weighted by Crippen LogP contribution is 2.14. The molecule has 0 unspecified atom stereocenters. The normalized spacial score (nSPS) is 15.2. The number of carbonyl (C=O) groups is 1. The van der Waals surface area contributed by atoms with Gasteiger partial charge in [0.25, 0.3) is 5.95 Å². The van der Waals surface area contributed by atoms with E-state index in [1.165, 1.54) is 0 Å². The minimum atomic E-state index is -1.36. The van der Waals surface area contributed by atoms with Crippen molar-refractivity contribution in [1.29, 1.82) is 0 Å². The average molecular weight is 287 g/mol. The van der Waals surface area contributed by atoms with E-state index < -0.39 is 17.6 Å². The van der Waals surface area contributed by atoms with Crippen LogP contribution in [0.1, 0.15) is 25.7 Å². The molecule has 0 radical (unpaired) electrons. The number of pyridine rings is 1. The number of likely N-dealkylation sites (tertiary alicyclic amines) is 1. The predicted molar refractivity (Wildman–Crippen MR) is 67.6 cm³/mol. The van der Waals surface area contributed by atoms with Crippen LogP contribution < -0.4 is 5.32 Å². The lowest BCUT2D eigenvalue weighted by Crippen LogP contribution is -2.36. The molecule has 1 fully saturated rings. The number of nitrogens with one attached hydrogen (secondary N) is 1. The van der Waals surface area contributed by atoms with Gasteiger partial charge < -0.3 is 10.2 Å². The summed E-state index contributed by atoms with van der Waals surface area (Å²) in [5.74, 6) is -4.08. The third-order valence-electron chi connectivity index (χ3n) is 3.23. The molecular weight excluding hydrogens is 271 g/mol. The summed E-state index contributed by atoms with van der Waals surface area (Å²) in [6.45, 7) is 1.62. The first-order valence-electron chi connectivity index (χ1n) is 6.61. The van der Waals surface area contributed by atoms with Crippen LogP contribution in [0.3, 0.4) is 0 Å². The van der Waals surface area contributed by atoms with Crippen LogP contribution in [0.2, 0.25) is 0 Å². The monoisotopic (exact) mass is 287 g/mol. The molecule has 2 heterocycles. The molecule has 1 saturated heterocycles. The number of nitrogens with zero attached hydrogens (tertiary/aromatic N) is 2. The van der Waals surface area contributed by atoms with Gasteiger partial charge >= 0.3 is 0 Å². The Morgan fingerprint density at radius 2 is 1.90 bits per heavy atom. The fourth-order valence-corrected chi connectivity index (χ4v) is 2.16. The number of carbonyl (C=O) groups excluding carboxylic acids is 1. The van der Waals surface area contributed by atoms with Crippen LogP contribution in [0.15, 0.2) is 6.07 Å². The summed E-state index contributed by atoms with van der Waals surface area (Å²) < 4.78 is 38.8. The molecule has 7 heteroatoms. The number of hydrogen-bond donors (Lipinski definition) is 1. The molecule has 1 amide bonds. The Morgan fingerprint density at radius 3 is 2.60 bits per heavy atom. The van der Waals surface area contributed by atoms with E-state index in [9.17, 15) is 18.0 Å². The SMILES string of the molecule is O=C(CCNc1nc(F)c(F)cc1F)N1CCCCC1. The summed E-state index contributed by atoms with van der Waals surface area (Å²) in [5.41, 5.74) is 0. The fraction of sp³-hybridized carbons (Fsp3) is 0.538. The standard InChI is InChI=1S/C13H16F3N3O/c14-9-8-10(15)13(18-12(9)16)17-5-4-11(20)19-6-2-1-3-7-19/h8H,1-7H2,(H,17,18). The first kappa shape index (κ1) is 14.6. The quantitative estimate of drug-likeness (QED) is 0.864. The van der Waals surface area contributed by atoms with E-state index in [2.05, 4.69) is 10.3 Å². The predicted octanol–water partition coefficient (Wildman–Crippen LogP) is 2.31. The maximum Gasteiger partial charge on any atom is 0.251 e. The van der Waals surface area contributed by atoms with Gasteiger partial charge in [-0.05, 0) is 19.3 Å². The number of hydrogen-bond acceptors (Lipinski definition) is 3. The van der Waals surface area contributed by atoms with Gasteiger partial charge in [-0.2, -0.15) is 9.37 Å². The van der Waals surface area contributed by atoms with Crippen LogP contribution in [0.5, 0.6) is 0 Å². The van der Waals surface area contributed by atoms with Gasteiger partial charge in [0, 0.05) is 32.1 Å².